The van der Waals surface area contributed by atoms with E-state index in [1.54, 1.807) is 0 Å². The highest BCUT2D eigenvalue weighted by Crippen LogP contribution is 2.23. The van der Waals surface area contributed by atoms with Gasteiger partial charge in [-0.25, -0.2) is 13.2 Å². The summed E-state index contributed by atoms with van der Waals surface area (Å²) in [5.41, 5.74) is 0.276. The van der Waals surface area contributed by atoms with Gasteiger partial charge in [0.1, 0.15) is 5.82 Å². The molecule has 0 spiro atoms. The quantitative estimate of drug-likeness (QED) is 0.751. The lowest BCUT2D eigenvalue weighted by atomic mass is 10.1. The van der Waals surface area contributed by atoms with Gasteiger partial charge in [-0.05, 0) is 35.9 Å². The lowest BCUT2D eigenvalue weighted by Crippen LogP contribution is -2.11. The van der Waals surface area contributed by atoms with Crippen LogP contribution >= 0.6 is 11.6 Å². The molecule has 1 aromatic heterocycles. The monoisotopic (exact) mass is 338 g/mol. The highest BCUT2D eigenvalue weighted by atomic mass is 35.5. The van der Waals surface area contributed by atoms with Crippen molar-refractivity contribution < 1.29 is 13.2 Å². The van der Waals surface area contributed by atoms with Gasteiger partial charge in [0, 0.05) is 23.7 Å². The number of benzene rings is 2. The fraction of sp³-hybridized carbons (Fsp3) is 0.0625. The van der Waals surface area contributed by atoms with Crippen LogP contribution in [0.3, 0.4) is 0 Å². The number of anilines is 1. The average Bonchev–Trinajstić information content (AvgIpc) is 2.52. The molecule has 3 aromatic rings. The van der Waals surface area contributed by atoms with Gasteiger partial charge in [0.2, 0.25) is 5.56 Å². The summed E-state index contributed by atoms with van der Waals surface area (Å²) in [6, 6.07) is 7.75. The number of aromatic nitrogens is 1. The molecular formula is C16H10ClF3N2O. The third kappa shape index (κ3) is 3.03. The number of fused-ring (bicyclic) bond motifs is 1. The molecule has 0 amide bonds. The van der Waals surface area contributed by atoms with Gasteiger partial charge in [-0.1, -0.05) is 11.6 Å². The zero-order valence-corrected chi connectivity index (χ0v) is 12.3. The molecule has 0 saturated carbocycles. The largest absolute Gasteiger partial charge is 0.381 e. The van der Waals surface area contributed by atoms with E-state index in [1.807, 2.05) is 0 Å². The minimum atomic E-state index is -1.11. The zero-order chi connectivity index (χ0) is 16.6. The standard InChI is InChI=1S/C16H10ClF3N2O/c17-11-6-9(1-3-12(11)18)21-7-8-5-14(23)22-16-10(8)2-4-13(19)15(16)20/h1-6,21H,7H2,(H,22,23). The van der Waals surface area contributed by atoms with Crippen molar-refractivity contribution >= 4 is 28.2 Å². The Hall–Kier alpha value is -2.47. The van der Waals surface area contributed by atoms with Crippen LogP contribution in [0.15, 0.2) is 41.2 Å². The molecular weight excluding hydrogens is 329 g/mol. The van der Waals surface area contributed by atoms with E-state index in [9.17, 15) is 18.0 Å². The third-order valence-corrected chi connectivity index (χ3v) is 3.69. The van der Waals surface area contributed by atoms with Crippen molar-refractivity contribution in [3.05, 3.63) is 74.8 Å². The van der Waals surface area contributed by atoms with Crippen molar-refractivity contribution in [2.75, 3.05) is 5.32 Å². The summed E-state index contributed by atoms with van der Waals surface area (Å²) in [5, 5.41) is 3.30. The Balaban J connectivity index is 1.98. The van der Waals surface area contributed by atoms with E-state index in [0.29, 0.717) is 16.6 Å². The van der Waals surface area contributed by atoms with Crippen molar-refractivity contribution in [3.8, 4) is 0 Å². The molecule has 3 rings (SSSR count). The van der Waals surface area contributed by atoms with Crippen molar-refractivity contribution in [1.82, 2.24) is 4.98 Å². The minimum Gasteiger partial charge on any atom is -0.381 e. The van der Waals surface area contributed by atoms with E-state index in [-0.39, 0.29) is 17.1 Å². The van der Waals surface area contributed by atoms with Crippen LogP contribution in [0.2, 0.25) is 5.02 Å². The van der Waals surface area contributed by atoms with Crippen LogP contribution in [0.5, 0.6) is 0 Å². The third-order valence-electron chi connectivity index (χ3n) is 3.40. The second-order valence-electron chi connectivity index (χ2n) is 4.93. The molecule has 0 bridgehead atoms. The Morgan fingerprint density at radius 3 is 2.52 bits per heavy atom. The van der Waals surface area contributed by atoms with Crippen LogP contribution < -0.4 is 10.9 Å². The number of pyridine rings is 1. The number of rotatable bonds is 3. The fourth-order valence-corrected chi connectivity index (χ4v) is 2.47. The first-order valence-electron chi connectivity index (χ1n) is 6.64. The molecule has 0 aliphatic heterocycles. The maximum absolute atomic E-state index is 13.8. The van der Waals surface area contributed by atoms with Gasteiger partial charge in [-0.15, -0.1) is 0 Å². The highest BCUT2D eigenvalue weighted by molar-refractivity contribution is 6.31. The zero-order valence-electron chi connectivity index (χ0n) is 11.6. The van der Waals surface area contributed by atoms with Gasteiger partial charge in [-0.2, -0.15) is 0 Å². The predicted octanol–water partition coefficient (Wildman–Crippen LogP) is 4.21. The fourth-order valence-electron chi connectivity index (χ4n) is 2.29. The Morgan fingerprint density at radius 2 is 1.78 bits per heavy atom. The molecule has 2 N–H and O–H groups in total. The highest BCUT2D eigenvalue weighted by Gasteiger charge is 2.11. The molecule has 23 heavy (non-hydrogen) atoms. The number of H-pyrrole nitrogens is 1. The van der Waals surface area contributed by atoms with Crippen molar-refractivity contribution in [2.45, 2.75) is 6.54 Å². The minimum absolute atomic E-state index is 0.0427. The summed E-state index contributed by atoms with van der Waals surface area (Å²) in [4.78, 5) is 13.9. The molecule has 0 aliphatic rings. The van der Waals surface area contributed by atoms with E-state index < -0.39 is 23.0 Å². The number of nitrogens with one attached hydrogen (secondary N) is 2. The number of hydrogen-bond acceptors (Lipinski definition) is 2. The van der Waals surface area contributed by atoms with Crippen LogP contribution in [0, 0.1) is 17.5 Å². The Labute approximate surface area is 133 Å². The summed E-state index contributed by atoms with van der Waals surface area (Å²) in [6.45, 7) is 0.160. The molecule has 118 valence electrons. The molecule has 0 aliphatic carbocycles. The van der Waals surface area contributed by atoms with E-state index in [2.05, 4.69) is 10.3 Å². The van der Waals surface area contributed by atoms with Crippen LogP contribution in [0.4, 0.5) is 18.9 Å². The lowest BCUT2D eigenvalue weighted by Gasteiger charge is -2.10. The molecule has 0 fully saturated rings. The maximum Gasteiger partial charge on any atom is 0.248 e. The summed E-state index contributed by atoms with van der Waals surface area (Å²) < 4.78 is 40.2. The first kappa shape index (κ1) is 15.4. The lowest BCUT2D eigenvalue weighted by molar-refractivity contribution is 0.515. The van der Waals surface area contributed by atoms with E-state index in [0.717, 1.165) is 6.07 Å². The summed E-state index contributed by atoms with van der Waals surface area (Å²) in [5.74, 6) is -2.69. The van der Waals surface area contributed by atoms with E-state index in [4.69, 9.17) is 11.6 Å². The number of halogens is 4. The first-order chi connectivity index (χ1) is 11.0. The van der Waals surface area contributed by atoms with Crippen LogP contribution in [0.25, 0.3) is 10.9 Å². The molecule has 0 saturated heterocycles. The number of hydrogen-bond donors (Lipinski definition) is 2. The van der Waals surface area contributed by atoms with E-state index in [1.165, 1.54) is 30.3 Å². The van der Waals surface area contributed by atoms with Gasteiger partial charge >= 0.3 is 0 Å². The molecule has 2 aromatic carbocycles. The van der Waals surface area contributed by atoms with Crippen LogP contribution in [-0.4, -0.2) is 4.98 Å². The topological polar surface area (TPSA) is 44.9 Å². The van der Waals surface area contributed by atoms with Gasteiger partial charge in [0.05, 0.1) is 10.5 Å². The molecule has 3 nitrogen and oxygen atoms in total. The van der Waals surface area contributed by atoms with Gasteiger partial charge < -0.3 is 10.3 Å². The van der Waals surface area contributed by atoms with Crippen molar-refractivity contribution in [1.29, 1.82) is 0 Å². The van der Waals surface area contributed by atoms with Crippen LogP contribution in [-0.2, 0) is 6.54 Å². The summed E-state index contributed by atoms with van der Waals surface area (Å²) >= 11 is 5.69. The summed E-state index contributed by atoms with van der Waals surface area (Å²) in [7, 11) is 0. The normalized spacial score (nSPS) is 11.0. The second kappa shape index (κ2) is 5.96. The number of aromatic amines is 1. The second-order valence-corrected chi connectivity index (χ2v) is 5.33. The Bertz CT molecular complexity index is 956. The smallest absolute Gasteiger partial charge is 0.248 e. The Kier molecular flexibility index (Phi) is 4.00. The molecule has 0 atom stereocenters. The average molecular weight is 339 g/mol. The van der Waals surface area contributed by atoms with Crippen molar-refractivity contribution in [3.63, 3.8) is 0 Å². The molecule has 7 heteroatoms. The predicted molar refractivity (Wildman–Crippen MR) is 83.2 cm³/mol. The van der Waals surface area contributed by atoms with Gasteiger partial charge in [0.15, 0.2) is 11.6 Å². The van der Waals surface area contributed by atoms with Crippen LogP contribution in [0.1, 0.15) is 5.56 Å². The maximum atomic E-state index is 13.8. The molecule has 1 heterocycles. The SMILES string of the molecule is O=c1cc(CNc2ccc(F)c(Cl)c2)c2ccc(F)c(F)c2[nH]1. The van der Waals surface area contributed by atoms with Gasteiger partial charge in [-0.3, -0.25) is 4.79 Å². The Morgan fingerprint density at radius 1 is 1.04 bits per heavy atom. The first-order valence-corrected chi connectivity index (χ1v) is 7.02. The van der Waals surface area contributed by atoms with Crippen molar-refractivity contribution in [2.24, 2.45) is 0 Å². The molecule has 0 unspecified atom stereocenters. The molecule has 0 radical (unpaired) electrons. The van der Waals surface area contributed by atoms with E-state index >= 15 is 0 Å². The summed E-state index contributed by atoms with van der Waals surface area (Å²) in [6.07, 6.45) is 0. The van der Waals surface area contributed by atoms with Gasteiger partial charge in [0.25, 0.3) is 0 Å².